The summed E-state index contributed by atoms with van der Waals surface area (Å²) in [6.07, 6.45) is 1.47. The summed E-state index contributed by atoms with van der Waals surface area (Å²) in [6.45, 7) is 3.81. The number of aliphatic imine (C=N–C) groups is 1. The monoisotopic (exact) mass is 424 g/mol. The van der Waals surface area contributed by atoms with Gasteiger partial charge in [-0.2, -0.15) is 0 Å². The highest BCUT2D eigenvalue weighted by molar-refractivity contribution is 6.08. The lowest BCUT2D eigenvalue weighted by Crippen LogP contribution is -2.58. The van der Waals surface area contributed by atoms with E-state index in [1.807, 2.05) is 35.2 Å². The summed E-state index contributed by atoms with van der Waals surface area (Å²) in [6, 6.07) is 11.9. The fourth-order valence-corrected chi connectivity index (χ4v) is 3.79. The van der Waals surface area contributed by atoms with E-state index in [0.29, 0.717) is 37.9 Å². The molecule has 9 heteroatoms. The second-order valence-electron chi connectivity index (χ2n) is 7.28. The summed E-state index contributed by atoms with van der Waals surface area (Å²) in [4.78, 5) is 46.2. The first-order valence-electron chi connectivity index (χ1n) is 10.3. The molecular weight excluding hydrogens is 400 g/mol. The van der Waals surface area contributed by atoms with Crippen molar-refractivity contribution in [3.05, 3.63) is 60.1 Å². The maximum atomic E-state index is 12.9. The van der Waals surface area contributed by atoms with Crippen LogP contribution in [0.3, 0.4) is 0 Å². The van der Waals surface area contributed by atoms with Gasteiger partial charge in [0.1, 0.15) is 6.04 Å². The van der Waals surface area contributed by atoms with Crippen molar-refractivity contribution in [2.24, 2.45) is 10.9 Å². The van der Waals surface area contributed by atoms with E-state index in [1.54, 1.807) is 24.0 Å². The molecule has 0 bridgehead atoms. The quantitative estimate of drug-likeness (QED) is 0.588. The summed E-state index contributed by atoms with van der Waals surface area (Å²) >= 11 is 0. The molecular formula is C22H24N4O5. The number of carbonyl (C=O) groups excluding carboxylic acids is 3. The molecule has 2 aliphatic rings. The smallest absolute Gasteiger partial charge is 0.321 e. The Hall–Kier alpha value is -3.62. The van der Waals surface area contributed by atoms with Crippen LogP contribution >= 0.6 is 0 Å². The average molecular weight is 424 g/mol. The molecule has 0 aliphatic carbocycles. The van der Waals surface area contributed by atoms with Crippen molar-refractivity contribution in [1.29, 1.82) is 0 Å². The van der Waals surface area contributed by atoms with Gasteiger partial charge in [-0.1, -0.05) is 30.3 Å². The Kier molecular flexibility index (Phi) is 6.01. The largest absolute Gasteiger partial charge is 0.465 e. The van der Waals surface area contributed by atoms with Crippen LogP contribution in [0.15, 0.2) is 58.1 Å². The summed E-state index contributed by atoms with van der Waals surface area (Å²) in [5.74, 6) is -1.53. The molecule has 1 aromatic heterocycles. The molecule has 2 aliphatic heterocycles. The van der Waals surface area contributed by atoms with Crippen molar-refractivity contribution in [1.82, 2.24) is 15.1 Å². The van der Waals surface area contributed by atoms with E-state index in [9.17, 15) is 14.4 Å². The number of hydrogen-bond donors (Lipinski definition) is 1. The highest BCUT2D eigenvalue weighted by atomic mass is 16.5. The lowest BCUT2D eigenvalue weighted by atomic mass is 9.91. The Morgan fingerprint density at radius 3 is 2.52 bits per heavy atom. The SMILES string of the molecule is CCOC(=O)[C@H]1C(=O)NC(N2CCN(C(=O)c3ccco3)CC2)=N[C@H]1c1ccccc1. The fraction of sp³-hybridized carbons (Fsp3) is 0.364. The van der Waals surface area contributed by atoms with Crippen molar-refractivity contribution in [2.75, 3.05) is 32.8 Å². The van der Waals surface area contributed by atoms with Crippen molar-refractivity contribution in [3.8, 4) is 0 Å². The van der Waals surface area contributed by atoms with Crippen LogP contribution in [0.2, 0.25) is 0 Å². The van der Waals surface area contributed by atoms with Crippen LogP contribution < -0.4 is 5.32 Å². The lowest BCUT2D eigenvalue weighted by molar-refractivity contribution is -0.153. The van der Waals surface area contributed by atoms with Gasteiger partial charge in [-0.15, -0.1) is 0 Å². The first kappa shape index (κ1) is 20.6. The molecule has 1 aromatic carbocycles. The van der Waals surface area contributed by atoms with Gasteiger partial charge in [-0.25, -0.2) is 4.99 Å². The Bertz CT molecular complexity index is 965. The molecule has 0 saturated carbocycles. The Morgan fingerprint density at radius 1 is 1.13 bits per heavy atom. The summed E-state index contributed by atoms with van der Waals surface area (Å²) < 4.78 is 10.3. The van der Waals surface area contributed by atoms with E-state index in [-0.39, 0.29) is 12.5 Å². The topological polar surface area (TPSA) is 104 Å². The first-order valence-corrected chi connectivity index (χ1v) is 10.3. The summed E-state index contributed by atoms with van der Waals surface area (Å²) in [7, 11) is 0. The van der Waals surface area contributed by atoms with Gasteiger partial charge in [0.25, 0.3) is 5.91 Å². The van der Waals surface area contributed by atoms with Crippen molar-refractivity contribution in [2.45, 2.75) is 13.0 Å². The number of carbonyl (C=O) groups is 3. The van der Waals surface area contributed by atoms with Crippen molar-refractivity contribution < 1.29 is 23.5 Å². The average Bonchev–Trinajstić information content (AvgIpc) is 3.34. The number of ether oxygens (including phenoxy) is 1. The maximum Gasteiger partial charge on any atom is 0.321 e. The number of esters is 1. The van der Waals surface area contributed by atoms with E-state index in [1.165, 1.54) is 6.26 Å². The van der Waals surface area contributed by atoms with Gasteiger partial charge in [0.2, 0.25) is 11.9 Å². The van der Waals surface area contributed by atoms with Gasteiger partial charge in [-0.05, 0) is 24.6 Å². The molecule has 2 atom stereocenters. The molecule has 3 heterocycles. The highest BCUT2D eigenvalue weighted by Crippen LogP contribution is 2.31. The number of amides is 2. The zero-order valence-electron chi connectivity index (χ0n) is 17.2. The number of guanidine groups is 1. The van der Waals surface area contributed by atoms with E-state index >= 15 is 0 Å². The molecule has 31 heavy (non-hydrogen) atoms. The molecule has 2 aromatic rings. The second kappa shape index (κ2) is 9.03. The molecule has 2 amide bonds. The molecule has 1 N–H and O–H groups in total. The van der Waals surface area contributed by atoms with Gasteiger partial charge in [0, 0.05) is 26.2 Å². The molecule has 1 saturated heterocycles. The van der Waals surface area contributed by atoms with Crippen LogP contribution in [0.5, 0.6) is 0 Å². The predicted molar refractivity (Wildman–Crippen MR) is 111 cm³/mol. The van der Waals surface area contributed by atoms with Gasteiger partial charge < -0.3 is 19.0 Å². The number of benzene rings is 1. The normalized spacial score (nSPS) is 21.3. The standard InChI is InChI=1S/C22H24N4O5/c1-2-30-21(29)17-18(15-7-4-3-5-8-15)23-22(24-19(17)27)26-12-10-25(11-13-26)20(28)16-9-6-14-31-16/h3-9,14,17-18H,2,10-13H2,1H3,(H,23,24,27)/t17-,18+/m1/s1. The molecule has 0 radical (unpaired) electrons. The van der Waals surface area contributed by atoms with Crippen molar-refractivity contribution >= 4 is 23.7 Å². The third-order valence-electron chi connectivity index (χ3n) is 5.37. The molecule has 4 rings (SSSR count). The predicted octanol–water partition coefficient (Wildman–Crippen LogP) is 1.44. The van der Waals surface area contributed by atoms with Crippen molar-refractivity contribution in [3.63, 3.8) is 0 Å². The van der Waals surface area contributed by atoms with Gasteiger partial charge in [-0.3, -0.25) is 19.7 Å². The number of nitrogens with one attached hydrogen (secondary N) is 1. The van der Waals surface area contributed by atoms with Crippen LogP contribution in [-0.2, 0) is 14.3 Å². The zero-order valence-corrected chi connectivity index (χ0v) is 17.2. The van der Waals surface area contributed by atoms with Crippen LogP contribution in [-0.4, -0.2) is 66.3 Å². The van der Waals surface area contributed by atoms with Crippen LogP contribution in [0.1, 0.15) is 29.1 Å². The summed E-state index contributed by atoms with van der Waals surface area (Å²) in [5, 5.41) is 2.76. The highest BCUT2D eigenvalue weighted by Gasteiger charge is 2.42. The Morgan fingerprint density at radius 2 is 1.87 bits per heavy atom. The minimum absolute atomic E-state index is 0.163. The van der Waals surface area contributed by atoms with E-state index in [4.69, 9.17) is 14.1 Å². The number of hydrogen-bond acceptors (Lipinski definition) is 7. The minimum atomic E-state index is -1.05. The van der Waals surface area contributed by atoms with E-state index in [0.717, 1.165) is 5.56 Å². The molecule has 0 unspecified atom stereocenters. The summed E-state index contributed by atoms with van der Waals surface area (Å²) in [5.41, 5.74) is 0.763. The lowest BCUT2D eigenvalue weighted by Gasteiger charge is -2.38. The number of piperazine rings is 1. The maximum absolute atomic E-state index is 12.9. The molecule has 9 nitrogen and oxygen atoms in total. The first-order chi connectivity index (χ1) is 15.1. The van der Waals surface area contributed by atoms with E-state index in [2.05, 4.69) is 5.32 Å². The number of rotatable bonds is 4. The molecule has 162 valence electrons. The number of nitrogens with zero attached hydrogens (tertiary/aromatic N) is 3. The fourth-order valence-electron chi connectivity index (χ4n) is 3.79. The van der Waals surface area contributed by atoms with Crippen LogP contribution in [0, 0.1) is 5.92 Å². The van der Waals surface area contributed by atoms with Gasteiger partial charge >= 0.3 is 5.97 Å². The molecule has 0 spiro atoms. The third kappa shape index (κ3) is 4.30. The van der Waals surface area contributed by atoms with E-state index < -0.39 is 23.8 Å². The third-order valence-corrected chi connectivity index (χ3v) is 5.37. The van der Waals surface area contributed by atoms with Gasteiger partial charge in [0.05, 0.1) is 12.9 Å². The Balaban J connectivity index is 1.52. The minimum Gasteiger partial charge on any atom is -0.465 e. The second-order valence-corrected chi connectivity index (χ2v) is 7.28. The van der Waals surface area contributed by atoms with Crippen LogP contribution in [0.4, 0.5) is 0 Å². The zero-order chi connectivity index (χ0) is 21.8. The molecule has 1 fully saturated rings. The number of furan rings is 1. The van der Waals surface area contributed by atoms with Gasteiger partial charge in [0.15, 0.2) is 11.7 Å². The van der Waals surface area contributed by atoms with Crippen LogP contribution in [0.25, 0.3) is 0 Å². The Labute approximate surface area is 179 Å².